The van der Waals surface area contributed by atoms with E-state index >= 15 is 0 Å². The third-order valence-corrected chi connectivity index (χ3v) is 10.7. The van der Waals surface area contributed by atoms with Crippen LogP contribution in [0.15, 0.2) is 136 Å². The number of carbonyl (C=O) groups excluding carboxylic acids is 4. The van der Waals surface area contributed by atoms with Crippen LogP contribution in [0.5, 0.6) is 11.5 Å². The lowest BCUT2D eigenvalue weighted by molar-refractivity contribution is -0.123. The molecule has 9 heteroatoms. The summed E-state index contributed by atoms with van der Waals surface area (Å²) >= 11 is 3.27. The van der Waals surface area contributed by atoms with Crippen molar-refractivity contribution in [3.63, 3.8) is 0 Å². The molecule has 3 aliphatic carbocycles. The van der Waals surface area contributed by atoms with E-state index in [1.165, 1.54) is 17.0 Å². The molecule has 0 saturated carbocycles. The number of allylic oxidation sites excluding steroid dienone is 6. The van der Waals surface area contributed by atoms with Gasteiger partial charge in [0, 0.05) is 46.1 Å². The van der Waals surface area contributed by atoms with Gasteiger partial charge in [-0.25, -0.2) is 0 Å². The summed E-state index contributed by atoms with van der Waals surface area (Å²) < 4.78 is 6.09. The van der Waals surface area contributed by atoms with Crippen molar-refractivity contribution >= 4 is 56.4 Å². The molecule has 4 aromatic carbocycles. The highest BCUT2D eigenvalue weighted by molar-refractivity contribution is 9.12. The number of hydrogen-bond acceptors (Lipinski definition) is 7. The number of anilines is 3. The van der Waals surface area contributed by atoms with E-state index in [-0.39, 0.29) is 40.0 Å². The number of ketones is 2. The van der Waals surface area contributed by atoms with Crippen LogP contribution in [0.1, 0.15) is 29.9 Å². The zero-order chi connectivity index (χ0) is 34.5. The molecule has 1 aliphatic heterocycles. The van der Waals surface area contributed by atoms with E-state index in [1.54, 1.807) is 24.3 Å². The first-order valence-electron chi connectivity index (χ1n) is 16.5. The number of nitrogens with zero attached hydrogens (tertiary/aromatic N) is 1. The first-order chi connectivity index (χ1) is 24.3. The molecule has 1 saturated heterocycles. The van der Waals surface area contributed by atoms with Crippen molar-refractivity contribution < 1.29 is 29.0 Å². The Labute approximate surface area is 296 Å². The minimum absolute atomic E-state index is 0.0930. The van der Waals surface area contributed by atoms with Crippen molar-refractivity contribution in [1.82, 2.24) is 0 Å². The summed E-state index contributed by atoms with van der Waals surface area (Å²) in [6.07, 6.45) is 3.65. The zero-order valence-corrected chi connectivity index (χ0v) is 28.3. The van der Waals surface area contributed by atoms with Crippen LogP contribution < -0.4 is 15.0 Å². The van der Waals surface area contributed by atoms with Gasteiger partial charge in [-0.15, -0.1) is 0 Å². The number of benzene rings is 4. The fourth-order valence-electron chi connectivity index (χ4n) is 7.80. The minimum atomic E-state index is -0.776. The second-order valence-electron chi connectivity index (χ2n) is 12.9. The number of fused-ring (bicyclic) bond motifs is 3. The van der Waals surface area contributed by atoms with Crippen molar-refractivity contribution in [2.24, 2.45) is 17.8 Å². The highest BCUT2D eigenvalue weighted by Gasteiger charge is 2.57. The number of rotatable bonds is 7. The number of nitrogens with one attached hydrogen (secondary N) is 1. The molecule has 4 aliphatic rings. The van der Waals surface area contributed by atoms with E-state index in [1.807, 2.05) is 78.9 Å². The number of halogens is 1. The summed E-state index contributed by atoms with van der Waals surface area (Å²) in [6, 6.07) is 31.5. The van der Waals surface area contributed by atoms with Crippen LogP contribution in [0.4, 0.5) is 17.1 Å². The van der Waals surface area contributed by atoms with Crippen molar-refractivity contribution in [3.8, 4) is 11.5 Å². The fraction of sp³-hybridized carbons (Fsp3) is 0.171. The average molecular weight is 728 g/mol. The predicted octanol–water partition coefficient (Wildman–Crippen LogP) is 7.68. The average Bonchev–Trinajstić information content (AvgIpc) is 3.39. The van der Waals surface area contributed by atoms with E-state index in [9.17, 15) is 24.3 Å². The summed E-state index contributed by atoms with van der Waals surface area (Å²) in [4.78, 5) is 56.7. The number of phenolic OH excluding ortho intramolecular Hbond substituents is 1. The Hall–Kier alpha value is -5.54. The van der Waals surface area contributed by atoms with Gasteiger partial charge in [0.05, 0.1) is 22.0 Å². The molecule has 1 fully saturated rings. The van der Waals surface area contributed by atoms with Crippen molar-refractivity contribution in [2.45, 2.75) is 25.4 Å². The number of phenols is 1. The molecule has 4 aromatic rings. The largest absolute Gasteiger partial charge is 0.507 e. The van der Waals surface area contributed by atoms with Crippen LogP contribution in [0.3, 0.4) is 0 Å². The maximum Gasteiger partial charge on any atom is 0.238 e. The molecule has 2 N–H and O–H groups in total. The van der Waals surface area contributed by atoms with E-state index in [4.69, 9.17) is 4.74 Å². The van der Waals surface area contributed by atoms with Crippen LogP contribution in [-0.4, -0.2) is 28.5 Å². The number of carbonyl (C=O) groups is 4. The molecule has 0 bridgehead atoms. The van der Waals surface area contributed by atoms with Crippen LogP contribution in [-0.2, 0) is 25.8 Å². The van der Waals surface area contributed by atoms with Gasteiger partial charge in [0.2, 0.25) is 11.8 Å². The molecule has 4 atom stereocenters. The van der Waals surface area contributed by atoms with Gasteiger partial charge in [0.25, 0.3) is 0 Å². The molecule has 0 aromatic heterocycles. The maximum absolute atomic E-state index is 14.3. The van der Waals surface area contributed by atoms with Gasteiger partial charge >= 0.3 is 0 Å². The van der Waals surface area contributed by atoms with Crippen molar-refractivity contribution in [3.05, 3.63) is 148 Å². The van der Waals surface area contributed by atoms with Gasteiger partial charge in [-0.2, -0.15) is 0 Å². The minimum Gasteiger partial charge on any atom is -0.507 e. The molecular weight excluding hydrogens is 696 g/mol. The second-order valence-corrected chi connectivity index (χ2v) is 13.8. The Morgan fingerprint density at radius 2 is 1.52 bits per heavy atom. The monoisotopic (exact) mass is 726 g/mol. The molecule has 1 heterocycles. The molecule has 4 unspecified atom stereocenters. The molecule has 248 valence electrons. The molecule has 0 spiro atoms. The zero-order valence-electron chi connectivity index (χ0n) is 26.7. The van der Waals surface area contributed by atoms with Crippen LogP contribution >= 0.6 is 15.9 Å². The topological polar surface area (TPSA) is 113 Å². The van der Waals surface area contributed by atoms with Crippen molar-refractivity contribution in [2.75, 3.05) is 10.2 Å². The Morgan fingerprint density at radius 1 is 0.820 bits per heavy atom. The summed E-state index contributed by atoms with van der Waals surface area (Å²) in [7, 11) is 0. The first-order valence-corrected chi connectivity index (χ1v) is 17.3. The van der Waals surface area contributed by atoms with Gasteiger partial charge in [0.15, 0.2) is 11.6 Å². The smallest absolute Gasteiger partial charge is 0.238 e. The highest BCUT2D eigenvalue weighted by atomic mass is 79.9. The normalized spacial score (nSPS) is 22.8. The molecule has 2 amide bonds. The number of hydrogen-bond donors (Lipinski definition) is 2. The van der Waals surface area contributed by atoms with E-state index in [0.717, 1.165) is 22.5 Å². The number of Topliss-reactive ketones (excluding diaryl/α,β-unsaturated/α-hetero) is 1. The third kappa shape index (κ3) is 5.47. The Balaban J connectivity index is 1.12. The number of aromatic hydroxyl groups is 1. The van der Waals surface area contributed by atoms with Gasteiger partial charge in [-0.3, -0.25) is 24.1 Å². The van der Waals surface area contributed by atoms with Crippen LogP contribution in [0.2, 0.25) is 0 Å². The second kappa shape index (κ2) is 12.7. The Kier molecular flexibility index (Phi) is 8.07. The Morgan fingerprint density at radius 3 is 2.24 bits per heavy atom. The standard InChI is InChI=1S/C41H31BrN2O6/c42-33-21-35(46)38-32(39(33)47)20-31-28(36(38)29-16-15-27(19-34(29)45)50-22-23-7-3-1-4-8-23)17-18-30-37(31)41(49)44(40(30)48)26-13-11-25(12-14-26)43-24-9-5-2-6-10-24/h1-17,19,21,30-31,36-37,43,45H,18,20,22H2. The number of imide groups is 1. The van der Waals surface area contributed by atoms with Gasteiger partial charge in [-0.05, 0) is 82.7 Å². The van der Waals surface area contributed by atoms with Crippen molar-refractivity contribution in [1.29, 1.82) is 0 Å². The van der Waals surface area contributed by atoms with Crippen LogP contribution in [0.25, 0.3) is 0 Å². The molecule has 8 nitrogen and oxygen atoms in total. The van der Waals surface area contributed by atoms with E-state index < -0.39 is 23.7 Å². The maximum atomic E-state index is 14.3. The lowest BCUT2D eigenvalue weighted by Gasteiger charge is -2.42. The van der Waals surface area contributed by atoms with Crippen LogP contribution in [0, 0.1) is 17.8 Å². The lowest BCUT2D eigenvalue weighted by atomic mass is 9.59. The SMILES string of the molecule is O=C1C=C(Br)C(=O)C2=C1C(c1ccc(OCc3ccccc3)cc1O)C1=CCC3C(=O)N(c4ccc(Nc5ccccc5)cc4)C(=O)C3C1C2. The molecule has 0 radical (unpaired) electrons. The summed E-state index contributed by atoms with van der Waals surface area (Å²) in [5, 5.41) is 14.7. The van der Waals surface area contributed by atoms with Gasteiger partial charge < -0.3 is 15.2 Å². The predicted molar refractivity (Wildman–Crippen MR) is 192 cm³/mol. The van der Waals surface area contributed by atoms with E-state index in [2.05, 4.69) is 21.2 Å². The van der Waals surface area contributed by atoms with E-state index in [0.29, 0.717) is 41.2 Å². The van der Waals surface area contributed by atoms with Gasteiger partial charge in [0.1, 0.15) is 18.1 Å². The summed E-state index contributed by atoms with van der Waals surface area (Å²) in [5.41, 5.74) is 4.95. The first kappa shape index (κ1) is 31.7. The quantitative estimate of drug-likeness (QED) is 0.114. The summed E-state index contributed by atoms with van der Waals surface area (Å²) in [5.74, 6) is -3.58. The fourth-order valence-corrected chi connectivity index (χ4v) is 8.24. The number of amides is 2. The molecule has 50 heavy (non-hydrogen) atoms. The highest BCUT2D eigenvalue weighted by Crippen LogP contribution is 2.56. The number of ether oxygens (including phenoxy) is 1. The molecule has 8 rings (SSSR count). The lowest BCUT2D eigenvalue weighted by Crippen LogP contribution is -2.39. The molecular formula is C41H31BrN2O6. The summed E-state index contributed by atoms with van der Waals surface area (Å²) in [6.45, 7) is 0.305. The third-order valence-electron chi connectivity index (χ3n) is 10.1. The van der Waals surface area contributed by atoms with Gasteiger partial charge in [-0.1, -0.05) is 66.2 Å². The Bertz CT molecular complexity index is 2160. The number of para-hydroxylation sites is 1.